The molecule has 72 valence electrons. The van der Waals surface area contributed by atoms with Crippen LogP contribution in [0.4, 0.5) is 0 Å². The summed E-state index contributed by atoms with van der Waals surface area (Å²) >= 11 is 0. The number of nitrogens with one attached hydrogen (secondary N) is 1. The lowest BCUT2D eigenvalue weighted by Crippen LogP contribution is -1.92. The highest BCUT2D eigenvalue weighted by Crippen LogP contribution is 2.16. The van der Waals surface area contributed by atoms with E-state index in [0.29, 0.717) is 6.42 Å². The van der Waals surface area contributed by atoms with E-state index >= 15 is 0 Å². The van der Waals surface area contributed by atoms with Crippen LogP contribution in [-0.4, -0.2) is 15.8 Å². The average Bonchev–Trinajstić information content (AvgIpc) is 2.58. The molecular formula is C11H12N2O. The third kappa shape index (κ3) is 1.66. The van der Waals surface area contributed by atoms with E-state index in [1.165, 1.54) is 5.56 Å². The Kier molecular flexibility index (Phi) is 2.31. The van der Waals surface area contributed by atoms with Crippen molar-refractivity contribution in [2.75, 3.05) is 0 Å². The first-order valence-electron chi connectivity index (χ1n) is 4.68. The molecule has 0 aliphatic rings. The highest BCUT2D eigenvalue weighted by molar-refractivity contribution is 5.81. The quantitative estimate of drug-likeness (QED) is 0.801. The van der Waals surface area contributed by atoms with Crippen molar-refractivity contribution in [1.82, 2.24) is 9.97 Å². The molecule has 3 nitrogen and oxygen atoms in total. The van der Waals surface area contributed by atoms with Gasteiger partial charge >= 0.3 is 0 Å². The van der Waals surface area contributed by atoms with Gasteiger partial charge in [-0.15, -0.1) is 0 Å². The zero-order chi connectivity index (χ0) is 9.97. The molecular weight excluding hydrogens is 176 g/mol. The highest BCUT2D eigenvalue weighted by Gasteiger charge is 2.04. The van der Waals surface area contributed by atoms with E-state index in [1.54, 1.807) is 13.1 Å². The molecule has 0 saturated carbocycles. The number of aryl methyl sites for hydroxylation is 1. The first-order valence-corrected chi connectivity index (χ1v) is 4.68. The fraction of sp³-hybridized carbons (Fsp3) is 0.273. The minimum absolute atomic E-state index is 0.225. The molecule has 0 unspecified atom stereocenters. The van der Waals surface area contributed by atoms with Crippen LogP contribution in [0.25, 0.3) is 11.0 Å². The molecule has 14 heavy (non-hydrogen) atoms. The van der Waals surface area contributed by atoms with Gasteiger partial charge in [-0.05, 0) is 31.0 Å². The number of aromatic nitrogens is 2. The van der Waals surface area contributed by atoms with E-state index in [4.69, 9.17) is 0 Å². The number of aromatic amines is 1. The van der Waals surface area contributed by atoms with E-state index in [1.807, 2.05) is 18.3 Å². The summed E-state index contributed by atoms with van der Waals surface area (Å²) in [6.45, 7) is 1.62. The fourth-order valence-corrected chi connectivity index (χ4v) is 1.53. The molecule has 0 aliphatic heterocycles. The summed E-state index contributed by atoms with van der Waals surface area (Å²) in [6, 6.07) is 3.93. The number of rotatable bonds is 3. The molecule has 2 rings (SSSR count). The van der Waals surface area contributed by atoms with E-state index in [9.17, 15) is 4.79 Å². The molecule has 0 radical (unpaired) electrons. The third-order valence-electron chi connectivity index (χ3n) is 2.28. The van der Waals surface area contributed by atoms with Crippen LogP contribution in [0.1, 0.15) is 18.9 Å². The Labute approximate surface area is 82.2 Å². The maximum Gasteiger partial charge on any atom is 0.137 e. The molecule has 2 aromatic heterocycles. The van der Waals surface area contributed by atoms with Gasteiger partial charge in [0, 0.05) is 24.2 Å². The minimum Gasteiger partial charge on any atom is -0.346 e. The second kappa shape index (κ2) is 3.62. The predicted octanol–water partition coefficient (Wildman–Crippen LogP) is 2.08. The Hall–Kier alpha value is -1.64. The Balaban J connectivity index is 2.29. The van der Waals surface area contributed by atoms with E-state index in [0.717, 1.165) is 17.5 Å². The average molecular weight is 188 g/mol. The van der Waals surface area contributed by atoms with Gasteiger partial charge in [-0.1, -0.05) is 0 Å². The van der Waals surface area contributed by atoms with Crippen LogP contribution < -0.4 is 0 Å². The van der Waals surface area contributed by atoms with Crippen LogP contribution in [0.15, 0.2) is 24.5 Å². The second-order valence-corrected chi connectivity index (χ2v) is 3.42. The summed E-state index contributed by atoms with van der Waals surface area (Å²) in [6.07, 6.45) is 5.08. The molecule has 0 amide bonds. The van der Waals surface area contributed by atoms with E-state index in [2.05, 4.69) is 9.97 Å². The van der Waals surface area contributed by atoms with Crippen molar-refractivity contribution < 1.29 is 4.79 Å². The number of Topliss-reactive ketones (excluding diaryl/α,β-unsaturated/α-hetero) is 1. The van der Waals surface area contributed by atoms with Gasteiger partial charge in [0.05, 0.1) is 0 Å². The van der Waals surface area contributed by atoms with Crippen molar-refractivity contribution in [2.45, 2.75) is 19.8 Å². The summed E-state index contributed by atoms with van der Waals surface area (Å²) in [4.78, 5) is 18.1. The van der Waals surface area contributed by atoms with Crippen molar-refractivity contribution in [3.63, 3.8) is 0 Å². The number of carbonyl (C=O) groups excluding carboxylic acids is 1. The molecule has 2 heterocycles. The Morgan fingerprint density at radius 1 is 1.57 bits per heavy atom. The second-order valence-electron chi connectivity index (χ2n) is 3.42. The predicted molar refractivity (Wildman–Crippen MR) is 55.1 cm³/mol. The fourth-order valence-electron chi connectivity index (χ4n) is 1.53. The van der Waals surface area contributed by atoms with Gasteiger partial charge in [-0.3, -0.25) is 0 Å². The minimum atomic E-state index is 0.225. The number of fused-ring (bicyclic) bond motifs is 1. The smallest absolute Gasteiger partial charge is 0.137 e. The number of pyridine rings is 1. The molecule has 3 heteroatoms. The normalized spacial score (nSPS) is 10.6. The number of hydrogen-bond acceptors (Lipinski definition) is 2. The number of H-pyrrole nitrogens is 1. The summed E-state index contributed by atoms with van der Waals surface area (Å²) in [5.74, 6) is 0.225. The monoisotopic (exact) mass is 188 g/mol. The lowest BCUT2D eigenvalue weighted by molar-refractivity contribution is -0.116. The van der Waals surface area contributed by atoms with Crippen molar-refractivity contribution in [3.05, 3.63) is 30.1 Å². The number of nitrogens with zero attached hydrogens (tertiary/aromatic N) is 1. The number of ketones is 1. The van der Waals surface area contributed by atoms with Gasteiger partial charge in [0.1, 0.15) is 11.4 Å². The summed E-state index contributed by atoms with van der Waals surface area (Å²) in [5.41, 5.74) is 2.06. The first-order chi connectivity index (χ1) is 6.77. The summed E-state index contributed by atoms with van der Waals surface area (Å²) in [7, 11) is 0. The zero-order valence-corrected chi connectivity index (χ0v) is 8.08. The van der Waals surface area contributed by atoms with Crippen molar-refractivity contribution in [2.24, 2.45) is 0 Å². The van der Waals surface area contributed by atoms with Gasteiger partial charge < -0.3 is 9.78 Å². The maximum absolute atomic E-state index is 10.8. The number of hydrogen-bond donors (Lipinski definition) is 1. The lowest BCUT2D eigenvalue weighted by atomic mass is 10.1. The molecule has 0 aliphatic carbocycles. The molecule has 0 atom stereocenters. The van der Waals surface area contributed by atoms with Gasteiger partial charge in [0.15, 0.2) is 0 Å². The lowest BCUT2D eigenvalue weighted by Gasteiger charge is -1.95. The van der Waals surface area contributed by atoms with E-state index in [-0.39, 0.29) is 5.78 Å². The first kappa shape index (κ1) is 8.94. The third-order valence-corrected chi connectivity index (χ3v) is 2.28. The zero-order valence-electron chi connectivity index (χ0n) is 8.08. The molecule has 0 saturated heterocycles. The maximum atomic E-state index is 10.8. The molecule has 0 fully saturated rings. The SMILES string of the molecule is CC(=O)CCc1c[nH]c2ncccc12. The van der Waals surface area contributed by atoms with Crippen molar-refractivity contribution >= 4 is 16.8 Å². The van der Waals surface area contributed by atoms with E-state index < -0.39 is 0 Å². The van der Waals surface area contributed by atoms with Gasteiger partial charge in [-0.25, -0.2) is 4.98 Å². The van der Waals surface area contributed by atoms with Crippen molar-refractivity contribution in [1.29, 1.82) is 0 Å². The summed E-state index contributed by atoms with van der Waals surface area (Å²) in [5, 5.41) is 1.12. The van der Waals surface area contributed by atoms with Crippen LogP contribution in [0.5, 0.6) is 0 Å². The molecule has 0 bridgehead atoms. The molecule has 1 N–H and O–H groups in total. The topological polar surface area (TPSA) is 45.8 Å². The van der Waals surface area contributed by atoms with Crippen LogP contribution >= 0.6 is 0 Å². The highest BCUT2D eigenvalue weighted by atomic mass is 16.1. The molecule has 0 spiro atoms. The molecule has 2 aromatic rings. The van der Waals surface area contributed by atoms with Gasteiger partial charge in [0.2, 0.25) is 0 Å². The van der Waals surface area contributed by atoms with Crippen molar-refractivity contribution in [3.8, 4) is 0 Å². The largest absolute Gasteiger partial charge is 0.346 e. The van der Waals surface area contributed by atoms with Gasteiger partial charge in [0.25, 0.3) is 0 Å². The summed E-state index contributed by atoms with van der Waals surface area (Å²) < 4.78 is 0. The van der Waals surface area contributed by atoms with Crippen LogP contribution in [-0.2, 0) is 11.2 Å². The number of carbonyl (C=O) groups is 1. The Bertz CT molecular complexity index is 459. The van der Waals surface area contributed by atoms with Gasteiger partial charge in [-0.2, -0.15) is 0 Å². The standard InChI is InChI=1S/C11H12N2O/c1-8(14)4-5-9-7-13-11-10(9)3-2-6-12-11/h2-3,6-7H,4-5H2,1H3,(H,12,13). The van der Waals surface area contributed by atoms with Crippen LogP contribution in [0, 0.1) is 0 Å². The van der Waals surface area contributed by atoms with Crippen LogP contribution in [0.3, 0.4) is 0 Å². The Morgan fingerprint density at radius 3 is 3.21 bits per heavy atom. The Morgan fingerprint density at radius 2 is 2.43 bits per heavy atom. The molecule has 0 aromatic carbocycles. The van der Waals surface area contributed by atoms with Crippen LogP contribution in [0.2, 0.25) is 0 Å².